The van der Waals surface area contributed by atoms with Gasteiger partial charge < -0.3 is 19.4 Å². The van der Waals surface area contributed by atoms with Crippen LogP contribution >= 0.6 is 0 Å². The van der Waals surface area contributed by atoms with Crippen LogP contribution in [0.15, 0.2) is 48.5 Å². The van der Waals surface area contributed by atoms with Crippen LogP contribution in [0.5, 0.6) is 11.5 Å². The molecular weight excluding hydrogens is 536 g/mol. The molecule has 0 atom stereocenters. The van der Waals surface area contributed by atoms with E-state index in [2.05, 4.69) is 10.7 Å². The van der Waals surface area contributed by atoms with Crippen molar-refractivity contribution < 1.29 is 34.8 Å². The summed E-state index contributed by atoms with van der Waals surface area (Å²) in [6.07, 6.45) is 3.97. The molecule has 4 amide bonds. The van der Waals surface area contributed by atoms with Gasteiger partial charge in [-0.15, -0.1) is 0 Å². The Balaban J connectivity index is 2.26. The summed E-state index contributed by atoms with van der Waals surface area (Å²) in [5.74, 6) is -0.594. The molecule has 0 aromatic heterocycles. The molecule has 38 heavy (non-hydrogen) atoms. The fourth-order valence-corrected chi connectivity index (χ4v) is 5.37. The Morgan fingerprint density at radius 3 is 2.05 bits per heavy atom. The second-order valence-corrected chi connectivity index (χ2v) is 11.7. The predicted molar refractivity (Wildman–Crippen MR) is 145 cm³/mol. The first-order valence-corrected chi connectivity index (χ1v) is 15.3. The van der Waals surface area contributed by atoms with E-state index in [1.165, 1.54) is 48.5 Å². The van der Waals surface area contributed by atoms with Gasteiger partial charge in [0.1, 0.15) is 11.4 Å². The zero-order valence-corrected chi connectivity index (χ0v) is 23.0. The molecule has 0 aliphatic rings. The third kappa shape index (κ3) is 10.5. The second-order valence-electron chi connectivity index (χ2n) is 8.34. The minimum Gasteiger partial charge on any atom is -0.382 e. The third-order valence-electron chi connectivity index (χ3n) is 5.05. The molecular formula is C24H34N4O8S2. The molecule has 0 bridgehead atoms. The number of unbranched alkanes of at least 4 members (excludes halogenated alkanes) is 4. The van der Waals surface area contributed by atoms with Crippen molar-refractivity contribution in [2.45, 2.75) is 52.4 Å². The molecule has 14 heteroatoms. The number of nitrogens with zero attached hydrogens (tertiary/aromatic N) is 1. The van der Waals surface area contributed by atoms with Crippen LogP contribution in [0.3, 0.4) is 0 Å². The smallest absolute Gasteiger partial charge is 0.345 e. The minimum atomic E-state index is -3.98. The number of benzene rings is 2. The molecule has 2 rings (SSSR count). The second kappa shape index (κ2) is 14.4. The normalized spacial score (nSPS) is 11.4. The van der Waals surface area contributed by atoms with E-state index in [-0.39, 0.29) is 34.4 Å². The maximum Gasteiger partial charge on any atom is 0.345 e. The van der Waals surface area contributed by atoms with Crippen molar-refractivity contribution in [3.8, 4) is 11.5 Å². The van der Waals surface area contributed by atoms with E-state index >= 15 is 0 Å². The van der Waals surface area contributed by atoms with E-state index in [0.29, 0.717) is 24.3 Å². The monoisotopic (exact) mass is 570 g/mol. The van der Waals surface area contributed by atoms with Crippen LogP contribution in [0.4, 0.5) is 21.0 Å². The summed E-state index contributed by atoms with van der Waals surface area (Å²) in [7, 11) is -7.81. The van der Waals surface area contributed by atoms with Crippen LogP contribution in [0, 0.1) is 0 Å². The SMILES string of the molecule is CCCCCS(=O)(=O)Oc1cccc(NC(=O)N(NC(N)=O)c2ccccc2OS(=O)(=O)CCCCC)c1. The van der Waals surface area contributed by atoms with Crippen LogP contribution in [0.1, 0.15) is 52.4 Å². The number of carbonyl (C=O) groups excluding carboxylic acids is 2. The van der Waals surface area contributed by atoms with Gasteiger partial charge in [0.2, 0.25) is 0 Å². The van der Waals surface area contributed by atoms with E-state index in [1.54, 1.807) is 0 Å². The van der Waals surface area contributed by atoms with E-state index in [9.17, 15) is 26.4 Å². The Labute approximate surface area is 223 Å². The average molecular weight is 571 g/mol. The number of hydrazine groups is 1. The molecule has 0 spiro atoms. The number of amides is 4. The maximum atomic E-state index is 13.1. The number of hydrogen-bond donors (Lipinski definition) is 3. The van der Waals surface area contributed by atoms with Gasteiger partial charge >= 0.3 is 32.3 Å². The predicted octanol–water partition coefficient (Wildman–Crippen LogP) is 4.11. The van der Waals surface area contributed by atoms with Gasteiger partial charge in [0.05, 0.1) is 11.5 Å². The Bertz CT molecular complexity index is 1300. The van der Waals surface area contributed by atoms with Crippen molar-refractivity contribution in [2.24, 2.45) is 5.73 Å². The molecule has 0 fully saturated rings. The van der Waals surface area contributed by atoms with Crippen molar-refractivity contribution >= 4 is 43.7 Å². The number of carbonyl (C=O) groups is 2. The van der Waals surface area contributed by atoms with Gasteiger partial charge in [0.25, 0.3) is 0 Å². The summed E-state index contributed by atoms with van der Waals surface area (Å²) in [4.78, 5) is 24.8. The zero-order chi connectivity index (χ0) is 28.2. The lowest BCUT2D eigenvalue weighted by atomic mass is 10.3. The van der Waals surface area contributed by atoms with Crippen LogP contribution in [-0.2, 0) is 20.2 Å². The molecule has 2 aromatic carbocycles. The van der Waals surface area contributed by atoms with Crippen molar-refractivity contribution in [1.82, 2.24) is 5.43 Å². The summed E-state index contributed by atoms with van der Waals surface area (Å²) < 4.78 is 59.7. The fourth-order valence-electron chi connectivity index (χ4n) is 3.27. The Hall–Kier alpha value is -3.52. The molecule has 0 saturated heterocycles. The zero-order valence-electron chi connectivity index (χ0n) is 21.4. The van der Waals surface area contributed by atoms with Crippen molar-refractivity contribution in [3.05, 3.63) is 48.5 Å². The molecule has 0 unspecified atom stereocenters. The topological polar surface area (TPSA) is 174 Å². The summed E-state index contributed by atoms with van der Waals surface area (Å²) >= 11 is 0. The summed E-state index contributed by atoms with van der Waals surface area (Å²) in [6, 6.07) is 9.30. The highest BCUT2D eigenvalue weighted by Gasteiger charge is 2.24. The van der Waals surface area contributed by atoms with Crippen LogP contribution < -0.4 is 29.9 Å². The standard InChI is InChI=1S/C24H34N4O8S2/c1-3-5-9-16-37(31,32)35-20-13-11-12-19(18-20)26-24(30)28(27-23(25)29)21-14-7-8-15-22(21)36-38(33,34)17-10-6-4-2/h7-8,11-15,18H,3-6,9-10,16-17H2,1-2H3,(H,26,30)(H3,25,27,29). The Kier molecular flexibility index (Phi) is 11.7. The molecule has 210 valence electrons. The highest BCUT2D eigenvalue weighted by atomic mass is 32.2. The van der Waals surface area contributed by atoms with Gasteiger partial charge in [0.15, 0.2) is 5.75 Å². The lowest BCUT2D eigenvalue weighted by Gasteiger charge is -2.24. The Morgan fingerprint density at radius 2 is 1.45 bits per heavy atom. The lowest BCUT2D eigenvalue weighted by Crippen LogP contribution is -2.50. The molecule has 0 aliphatic heterocycles. The number of nitrogens with one attached hydrogen (secondary N) is 2. The van der Waals surface area contributed by atoms with E-state index < -0.39 is 32.3 Å². The highest BCUT2D eigenvalue weighted by Crippen LogP contribution is 2.29. The number of rotatable bonds is 14. The van der Waals surface area contributed by atoms with Crippen molar-refractivity contribution in [1.29, 1.82) is 0 Å². The van der Waals surface area contributed by atoms with Gasteiger partial charge in [-0.25, -0.2) is 15.0 Å². The van der Waals surface area contributed by atoms with Gasteiger partial charge in [-0.3, -0.25) is 0 Å². The van der Waals surface area contributed by atoms with Gasteiger partial charge in [-0.05, 0) is 37.1 Å². The van der Waals surface area contributed by atoms with E-state index in [4.69, 9.17) is 14.1 Å². The van der Waals surface area contributed by atoms with E-state index in [0.717, 1.165) is 19.3 Å². The summed E-state index contributed by atoms with van der Waals surface area (Å²) in [5, 5.41) is 3.18. The van der Waals surface area contributed by atoms with Crippen molar-refractivity contribution in [2.75, 3.05) is 21.8 Å². The number of anilines is 2. The van der Waals surface area contributed by atoms with Gasteiger partial charge in [-0.2, -0.15) is 21.8 Å². The minimum absolute atomic E-state index is 0.0179. The first-order valence-electron chi connectivity index (χ1n) is 12.2. The summed E-state index contributed by atoms with van der Waals surface area (Å²) in [5.41, 5.74) is 7.41. The Morgan fingerprint density at radius 1 is 0.842 bits per heavy atom. The highest BCUT2D eigenvalue weighted by molar-refractivity contribution is 7.87. The molecule has 12 nitrogen and oxygen atoms in total. The van der Waals surface area contributed by atoms with Crippen LogP contribution in [0.2, 0.25) is 0 Å². The average Bonchev–Trinajstić information content (AvgIpc) is 2.83. The molecule has 4 N–H and O–H groups in total. The molecule has 2 aromatic rings. The van der Waals surface area contributed by atoms with Gasteiger partial charge in [-0.1, -0.05) is 57.7 Å². The quantitative estimate of drug-likeness (QED) is 0.173. The first-order chi connectivity index (χ1) is 18.0. The van der Waals surface area contributed by atoms with Gasteiger partial charge in [0, 0.05) is 11.8 Å². The number of nitrogens with two attached hydrogens (primary N) is 1. The third-order valence-corrected chi connectivity index (χ3v) is 7.51. The lowest BCUT2D eigenvalue weighted by molar-refractivity contribution is 0.241. The van der Waals surface area contributed by atoms with E-state index in [1.807, 2.05) is 13.8 Å². The molecule has 0 aliphatic carbocycles. The van der Waals surface area contributed by atoms with Crippen LogP contribution in [0.25, 0.3) is 0 Å². The number of urea groups is 2. The molecule has 0 heterocycles. The largest absolute Gasteiger partial charge is 0.382 e. The number of para-hydroxylation sites is 2. The number of hydrogen-bond acceptors (Lipinski definition) is 8. The van der Waals surface area contributed by atoms with Crippen molar-refractivity contribution in [3.63, 3.8) is 0 Å². The molecule has 0 radical (unpaired) electrons. The first kappa shape index (κ1) is 30.7. The van der Waals surface area contributed by atoms with Crippen LogP contribution in [-0.4, -0.2) is 40.4 Å². The molecule has 0 saturated carbocycles. The maximum absolute atomic E-state index is 13.1. The number of primary amides is 1. The fraction of sp³-hybridized carbons (Fsp3) is 0.417. The summed E-state index contributed by atoms with van der Waals surface area (Å²) in [6.45, 7) is 3.89.